The number of hydrogen-bond donors (Lipinski definition) is 6. The molecule has 1 saturated heterocycles. The summed E-state index contributed by atoms with van der Waals surface area (Å²) in [5.74, 6) is 0.741. The number of aliphatic hydroxyl groups is 5. The van der Waals surface area contributed by atoms with Gasteiger partial charge in [-0.15, -0.1) is 0 Å². The number of ether oxygens (including phenoxy) is 2. The first-order valence-corrected chi connectivity index (χ1v) is 17.6. The van der Waals surface area contributed by atoms with Crippen molar-refractivity contribution in [2.75, 3.05) is 13.2 Å². The smallest absolute Gasteiger partial charge is 0.310 e. The summed E-state index contributed by atoms with van der Waals surface area (Å²) in [5, 5.41) is 62.8. The van der Waals surface area contributed by atoms with Gasteiger partial charge in [0.05, 0.1) is 24.7 Å². The summed E-state index contributed by atoms with van der Waals surface area (Å²) in [4.78, 5) is 13.0. The maximum atomic E-state index is 13.0. The number of fused-ring (bicyclic) bond motifs is 7. The first-order chi connectivity index (χ1) is 21.1. The Hall–Kier alpha value is -1.07. The van der Waals surface area contributed by atoms with Crippen molar-refractivity contribution < 1.29 is 44.9 Å². The number of allylic oxidation sites excluding steroid dienone is 2. The largest absolute Gasteiger partial charge is 0.481 e. The number of rotatable bonds is 5. The van der Waals surface area contributed by atoms with E-state index in [1.54, 1.807) is 0 Å². The molecule has 0 aromatic rings. The Morgan fingerprint density at radius 3 is 2.27 bits per heavy atom. The van der Waals surface area contributed by atoms with Crippen molar-refractivity contribution in [2.24, 2.45) is 56.7 Å². The van der Waals surface area contributed by atoms with Crippen LogP contribution >= 0.6 is 0 Å². The van der Waals surface area contributed by atoms with E-state index in [-0.39, 0.29) is 34.7 Å². The van der Waals surface area contributed by atoms with Crippen molar-refractivity contribution in [1.29, 1.82) is 0 Å². The highest BCUT2D eigenvalue weighted by Crippen LogP contribution is 2.76. The average Bonchev–Trinajstić information content (AvgIpc) is 3.00. The lowest BCUT2D eigenvalue weighted by molar-refractivity contribution is -0.333. The minimum atomic E-state index is -1.51. The zero-order valence-corrected chi connectivity index (χ0v) is 28.1. The molecule has 9 nitrogen and oxygen atoms in total. The molecule has 16 atom stereocenters. The lowest BCUT2D eigenvalue weighted by Gasteiger charge is -2.71. The van der Waals surface area contributed by atoms with Crippen LogP contribution in [0, 0.1) is 56.7 Å². The monoisotopic (exact) mass is 634 g/mol. The van der Waals surface area contributed by atoms with Crippen molar-refractivity contribution in [1.82, 2.24) is 0 Å². The fraction of sp³-hybridized carbons (Fsp3) is 0.917. The zero-order valence-electron chi connectivity index (χ0n) is 28.1. The van der Waals surface area contributed by atoms with Crippen molar-refractivity contribution >= 4 is 5.97 Å². The van der Waals surface area contributed by atoms with Crippen LogP contribution in [0.1, 0.15) is 99.3 Å². The summed E-state index contributed by atoms with van der Waals surface area (Å²) in [7, 11) is 0. The SMILES string of the molecule is C[C@H]1[C@H](C)CC[C@]2(C(=O)O)CC[C@]3(C)C(=CC[C@@H]4[C@@]5(C)CC[C@H](O[C@@H]6O[C@H](CO)[C@@H](O)[C@H](O)[C@H]6O)[C@@](C)(CO)[C@@H]5CC[C@]43C)[C@H]12. The van der Waals surface area contributed by atoms with Crippen LogP contribution in [0.4, 0.5) is 0 Å². The molecule has 5 fully saturated rings. The van der Waals surface area contributed by atoms with E-state index in [2.05, 4.69) is 47.6 Å². The quantitative estimate of drug-likeness (QED) is 0.195. The fourth-order valence-electron chi connectivity index (χ4n) is 12.4. The number of carboxylic acid groups (broad SMARTS) is 1. The molecule has 0 unspecified atom stereocenters. The summed E-state index contributed by atoms with van der Waals surface area (Å²) in [6, 6.07) is 0. The molecule has 1 aliphatic heterocycles. The molecular weight excluding hydrogens is 576 g/mol. The van der Waals surface area contributed by atoms with Crippen LogP contribution in [-0.2, 0) is 14.3 Å². The van der Waals surface area contributed by atoms with Gasteiger partial charge in [0.15, 0.2) is 6.29 Å². The number of aliphatic hydroxyl groups excluding tert-OH is 5. The van der Waals surface area contributed by atoms with Crippen molar-refractivity contribution in [2.45, 2.75) is 136 Å². The van der Waals surface area contributed by atoms with Gasteiger partial charge < -0.3 is 40.1 Å². The van der Waals surface area contributed by atoms with Crippen LogP contribution in [0.25, 0.3) is 0 Å². The molecule has 45 heavy (non-hydrogen) atoms. The minimum absolute atomic E-state index is 0.0191. The standard InChI is InChI=1S/C36H58O9/c1-19-9-14-36(31(42)43)16-15-34(5)21(26(36)20(19)2)7-8-24-32(3)12-11-25(33(4,18-38)23(32)10-13-35(24,34)6)45-30-29(41)28(40)27(39)22(17-37)44-30/h7,19-20,22-30,37-41H,8-18H2,1-6H3,(H,42,43)/t19-,20+,22-,23-,24-,25+,26+,27-,28+,29-,30+,32+,33+,34-,35-,36+/m1/s1. The molecule has 6 aliphatic rings. The molecule has 0 bridgehead atoms. The van der Waals surface area contributed by atoms with Gasteiger partial charge in [0.2, 0.25) is 0 Å². The Balaban J connectivity index is 1.32. The minimum Gasteiger partial charge on any atom is -0.481 e. The van der Waals surface area contributed by atoms with Crippen LogP contribution in [-0.4, -0.2) is 86.6 Å². The van der Waals surface area contributed by atoms with Gasteiger partial charge in [-0.2, -0.15) is 0 Å². The normalized spacial score (nSPS) is 56.2. The predicted molar refractivity (Wildman–Crippen MR) is 167 cm³/mol. The second-order valence-corrected chi connectivity index (χ2v) is 17.1. The molecule has 1 heterocycles. The van der Waals surface area contributed by atoms with Gasteiger partial charge >= 0.3 is 5.97 Å². The Morgan fingerprint density at radius 2 is 1.62 bits per heavy atom. The summed E-state index contributed by atoms with van der Waals surface area (Å²) in [6.45, 7) is 13.3. The van der Waals surface area contributed by atoms with Crippen molar-refractivity contribution in [3.05, 3.63) is 11.6 Å². The molecular formula is C36H58O9. The first kappa shape index (κ1) is 33.8. The number of carbonyl (C=O) groups is 1. The Morgan fingerprint density at radius 1 is 0.911 bits per heavy atom. The third-order valence-electron chi connectivity index (χ3n) is 15.6. The van der Waals surface area contributed by atoms with E-state index in [1.807, 2.05) is 0 Å². The van der Waals surface area contributed by atoms with Gasteiger partial charge in [-0.1, -0.05) is 53.2 Å². The number of carboxylic acids is 1. The maximum Gasteiger partial charge on any atom is 0.310 e. The van der Waals surface area contributed by atoms with Crippen LogP contribution in [0.15, 0.2) is 11.6 Å². The van der Waals surface area contributed by atoms with Gasteiger partial charge in [0.25, 0.3) is 0 Å². The molecule has 0 amide bonds. The summed E-state index contributed by atoms with van der Waals surface area (Å²) < 4.78 is 12.1. The second-order valence-electron chi connectivity index (χ2n) is 17.1. The molecule has 0 aromatic carbocycles. The summed E-state index contributed by atoms with van der Waals surface area (Å²) >= 11 is 0. The highest BCUT2D eigenvalue weighted by Gasteiger charge is 2.70. The third kappa shape index (κ3) is 4.46. The summed E-state index contributed by atoms with van der Waals surface area (Å²) in [5.41, 5.74) is -0.127. The van der Waals surface area contributed by atoms with Gasteiger partial charge in [0.1, 0.15) is 24.4 Å². The maximum absolute atomic E-state index is 13.0. The van der Waals surface area contributed by atoms with E-state index < -0.39 is 60.2 Å². The molecule has 256 valence electrons. The molecule has 5 aliphatic carbocycles. The lowest BCUT2D eigenvalue weighted by atomic mass is 9.33. The lowest BCUT2D eigenvalue weighted by Crippen LogP contribution is -2.67. The molecule has 0 spiro atoms. The predicted octanol–water partition coefficient (Wildman–Crippen LogP) is 3.89. The van der Waals surface area contributed by atoms with E-state index in [9.17, 15) is 35.4 Å². The van der Waals surface area contributed by atoms with Crippen molar-refractivity contribution in [3.63, 3.8) is 0 Å². The molecule has 9 heteroatoms. The molecule has 6 N–H and O–H groups in total. The summed E-state index contributed by atoms with van der Waals surface area (Å²) in [6.07, 6.45) is 2.91. The topological polar surface area (TPSA) is 157 Å². The average molecular weight is 635 g/mol. The zero-order chi connectivity index (χ0) is 32.9. The van der Waals surface area contributed by atoms with Crippen LogP contribution in [0.5, 0.6) is 0 Å². The molecule has 4 saturated carbocycles. The van der Waals surface area contributed by atoms with Gasteiger partial charge in [-0.25, -0.2) is 0 Å². The van der Waals surface area contributed by atoms with Crippen molar-refractivity contribution in [3.8, 4) is 0 Å². The third-order valence-corrected chi connectivity index (χ3v) is 15.6. The first-order valence-electron chi connectivity index (χ1n) is 17.6. The van der Waals surface area contributed by atoms with Gasteiger partial charge in [-0.3, -0.25) is 4.79 Å². The van der Waals surface area contributed by atoms with Crippen LogP contribution in [0.3, 0.4) is 0 Å². The molecule has 0 aromatic heterocycles. The van der Waals surface area contributed by atoms with Gasteiger partial charge in [0, 0.05) is 5.41 Å². The van der Waals surface area contributed by atoms with Crippen LogP contribution in [0.2, 0.25) is 0 Å². The second kappa shape index (κ2) is 11.2. The highest BCUT2D eigenvalue weighted by molar-refractivity contribution is 5.76. The van der Waals surface area contributed by atoms with E-state index in [0.29, 0.717) is 24.2 Å². The Kier molecular flexibility index (Phi) is 8.45. The van der Waals surface area contributed by atoms with E-state index in [0.717, 1.165) is 51.4 Å². The van der Waals surface area contributed by atoms with E-state index in [4.69, 9.17) is 9.47 Å². The number of hydrogen-bond acceptors (Lipinski definition) is 8. The molecule has 0 radical (unpaired) electrons. The van der Waals surface area contributed by atoms with Crippen LogP contribution < -0.4 is 0 Å². The molecule has 6 rings (SSSR count). The van der Waals surface area contributed by atoms with E-state index >= 15 is 0 Å². The van der Waals surface area contributed by atoms with Gasteiger partial charge in [-0.05, 0) is 104 Å². The highest BCUT2D eigenvalue weighted by atomic mass is 16.7. The number of aliphatic carboxylic acids is 1. The Labute approximate surface area is 268 Å². The van der Waals surface area contributed by atoms with E-state index in [1.165, 1.54) is 5.57 Å². The fourth-order valence-corrected chi connectivity index (χ4v) is 12.4. The Bertz CT molecular complexity index is 1190.